The second-order valence-electron chi connectivity index (χ2n) is 1.34. The fraction of sp³-hybridized carbons (Fsp3) is 0. The average Bonchev–Trinajstić information content (AvgIpc) is 1.86. The van der Waals surface area contributed by atoms with Gasteiger partial charge in [-0.3, -0.25) is 0 Å². The van der Waals surface area contributed by atoms with Crippen LogP contribution in [0.2, 0.25) is 0 Å². The van der Waals surface area contributed by atoms with Crippen LogP contribution in [0.3, 0.4) is 0 Å². The van der Waals surface area contributed by atoms with Crippen molar-refractivity contribution in [2.24, 2.45) is 5.73 Å². The molecule has 1 rings (SSSR count). The first-order valence-corrected chi connectivity index (χ1v) is 2.02. The zero-order chi connectivity index (χ0) is 4.41. The molecule has 0 fully saturated rings. The predicted molar refractivity (Wildman–Crippen MR) is 31.2 cm³/mol. The molecule has 0 aromatic carbocycles. The van der Waals surface area contributed by atoms with Crippen molar-refractivity contribution in [3.05, 3.63) is 12.1 Å². The van der Waals surface area contributed by atoms with Gasteiger partial charge in [-0.25, -0.2) is 0 Å². The van der Waals surface area contributed by atoms with E-state index in [-0.39, 0.29) is 0 Å². The molecule has 0 aromatic heterocycles. The molecular weight excluding hydrogens is 71.7 g/mol. The normalized spacial score (nSPS) is 15.7. The molecule has 1 nitrogen and oxygen atoms in total. The molecule has 1 aliphatic rings. The van der Waals surface area contributed by atoms with Gasteiger partial charge < -0.3 is 0 Å². The van der Waals surface area contributed by atoms with Gasteiger partial charge in [-0.05, 0) is 0 Å². The van der Waals surface area contributed by atoms with E-state index >= 15 is 0 Å². The fourth-order valence-corrected chi connectivity index (χ4v) is 0.476. The summed E-state index contributed by atoms with van der Waals surface area (Å²) in [7, 11) is 1.02. The number of hydrogen-bond acceptors (Lipinski definition) is 1. The summed E-state index contributed by atoms with van der Waals surface area (Å²) in [5, 5.41) is 0. The second-order valence-corrected chi connectivity index (χ2v) is 1.34. The monoisotopic (exact) mass is 77.1 g/mol. The molecule has 1 aliphatic heterocycles. The first kappa shape index (κ1) is 3.72. The van der Waals surface area contributed by atoms with Crippen molar-refractivity contribution in [1.29, 1.82) is 0 Å². The van der Waals surface area contributed by atoms with Gasteiger partial charge in [0.2, 0.25) is 0 Å². The van der Waals surface area contributed by atoms with Crippen molar-refractivity contribution < 1.29 is 0 Å². The second kappa shape index (κ2) is 1.33. The Morgan fingerprint density at radius 3 is 2.83 bits per heavy atom. The molecular formula is C3H5B2N. The van der Waals surface area contributed by atoms with Crippen LogP contribution in [0.15, 0.2) is 12.1 Å². The van der Waals surface area contributed by atoms with Crippen molar-refractivity contribution in [2.75, 3.05) is 0 Å². The number of rotatable bonds is 0. The van der Waals surface area contributed by atoms with E-state index in [9.17, 15) is 0 Å². The molecule has 0 saturated heterocycles. The van der Waals surface area contributed by atoms with E-state index in [1.54, 1.807) is 0 Å². The van der Waals surface area contributed by atoms with Crippen LogP contribution in [0.25, 0.3) is 0 Å². The maximum atomic E-state index is 5.31. The summed E-state index contributed by atoms with van der Waals surface area (Å²) in [6.07, 6.45) is 1.92. The van der Waals surface area contributed by atoms with E-state index < -0.39 is 0 Å². The third-order valence-electron chi connectivity index (χ3n) is 0.800. The molecule has 0 unspecified atom stereocenters. The molecule has 6 heavy (non-hydrogen) atoms. The van der Waals surface area contributed by atoms with Crippen molar-refractivity contribution in [3.8, 4) is 0 Å². The molecule has 0 amide bonds. The topological polar surface area (TPSA) is 26.0 Å². The van der Waals surface area contributed by atoms with Gasteiger partial charge in [-0.2, -0.15) is 0 Å². The van der Waals surface area contributed by atoms with Crippen molar-refractivity contribution in [3.63, 3.8) is 0 Å². The Morgan fingerprint density at radius 1 is 1.83 bits per heavy atom. The van der Waals surface area contributed by atoms with Crippen LogP contribution in [0.5, 0.6) is 0 Å². The first-order valence-electron chi connectivity index (χ1n) is 2.02. The molecule has 3 heteroatoms. The minimum atomic E-state index is 0.898. The van der Waals surface area contributed by atoms with Gasteiger partial charge in [-0.1, -0.05) is 0 Å². The van der Waals surface area contributed by atoms with Crippen LogP contribution in [-0.2, 0) is 0 Å². The van der Waals surface area contributed by atoms with Crippen LogP contribution in [-0.4, -0.2) is 19.6 Å². The molecule has 0 spiro atoms. The Balaban J connectivity index is 2.68. The van der Waals surface area contributed by atoms with Crippen LogP contribution in [0.1, 0.15) is 0 Å². The zero-order valence-electron chi connectivity index (χ0n) is 3.52. The Bertz CT molecular complexity index is 103. The fourth-order valence-electron chi connectivity index (χ4n) is 0.476. The predicted octanol–water partition coefficient (Wildman–Crippen LogP) is -1.34. The quantitative estimate of drug-likeness (QED) is 0.355. The number of nitrogens with two attached hydrogens (primary N) is 1. The first-order chi connectivity index (χ1) is 2.89. The van der Waals surface area contributed by atoms with Crippen LogP contribution in [0, 0.1) is 0 Å². The summed E-state index contributed by atoms with van der Waals surface area (Å²) >= 11 is 0. The van der Waals surface area contributed by atoms with Crippen molar-refractivity contribution in [1.82, 2.24) is 0 Å². The molecule has 0 bridgehead atoms. The number of hydrogen-bond donors (Lipinski definition) is 1. The Morgan fingerprint density at radius 2 is 2.67 bits per heavy atom. The molecule has 0 atom stereocenters. The van der Waals surface area contributed by atoms with Gasteiger partial charge in [-0.15, -0.1) is 0 Å². The molecule has 0 saturated carbocycles. The minimum absolute atomic E-state index is 0.898. The molecule has 28 valence electrons. The summed E-state index contributed by atoms with van der Waals surface area (Å²) in [5.41, 5.74) is 6.21. The standard InChI is InChI=1S/C3H5B2N/c6-3-1-2-4-5-3/h1-2,4H,6H2. The SMILES string of the molecule is NC1=BBC=C1. The Kier molecular flexibility index (Phi) is 0.825. The molecule has 0 aromatic rings. The summed E-state index contributed by atoms with van der Waals surface area (Å²) in [5.74, 6) is 2.04. The van der Waals surface area contributed by atoms with E-state index in [0.717, 1.165) is 12.8 Å². The van der Waals surface area contributed by atoms with E-state index in [1.807, 2.05) is 18.9 Å². The Hall–Kier alpha value is -0.460. The maximum absolute atomic E-state index is 5.31. The summed E-state index contributed by atoms with van der Waals surface area (Å²) in [6, 6.07) is 0. The van der Waals surface area contributed by atoms with Crippen molar-refractivity contribution >= 4 is 19.6 Å². The molecule has 0 radical (unpaired) electrons. The van der Waals surface area contributed by atoms with Gasteiger partial charge in [0.05, 0.1) is 0 Å². The van der Waals surface area contributed by atoms with Gasteiger partial charge in [0, 0.05) is 0 Å². The molecule has 1 heterocycles. The van der Waals surface area contributed by atoms with E-state index in [1.165, 1.54) is 0 Å². The summed E-state index contributed by atoms with van der Waals surface area (Å²) in [6.45, 7) is 1.99. The van der Waals surface area contributed by atoms with Gasteiger partial charge in [0.25, 0.3) is 0 Å². The molecule has 2 N–H and O–H groups in total. The zero-order valence-corrected chi connectivity index (χ0v) is 3.52. The van der Waals surface area contributed by atoms with Crippen LogP contribution < -0.4 is 5.73 Å². The van der Waals surface area contributed by atoms with E-state index in [0.29, 0.717) is 0 Å². The van der Waals surface area contributed by atoms with Gasteiger partial charge in [0.1, 0.15) is 0 Å². The van der Waals surface area contributed by atoms with Crippen LogP contribution in [0.4, 0.5) is 0 Å². The molecule has 0 aliphatic carbocycles. The van der Waals surface area contributed by atoms with E-state index in [4.69, 9.17) is 5.73 Å². The summed E-state index contributed by atoms with van der Waals surface area (Å²) < 4.78 is 0. The Labute approximate surface area is 38.4 Å². The third kappa shape index (κ3) is 0.534. The van der Waals surface area contributed by atoms with Gasteiger partial charge in [0.15, 0.2) is 0 Å². The third-order valence-corrected chi connectivity index (χ3v) is 0.800. The van der Waals surface area contributed by atoms with Crippen molar-refractivity contribution in [2.45, 2.75) is 0 Å². The van der Waals surface area contributed by atoms with Gasteiger partial charge >= 0.3 is 37.4 Å². The summed E-state index contributed by atoms with van der Waals surface area (Å²) in [4.78, 5) is 0. The van der Waals surface area contributed by atoms with Crippen LogP contribution >= 0.6 is 0 Å². The average molecular weight is 76.7 g/mol. The van der Waals surface area contributed by atoms with E-state index in [2.05, 4.69) is 0 Å².